The molecule has 0 saturated carbocycles. The Bertz CT molecular complexity index is 577. The summed E-state index contributed by atoms with van der Waals surface area (Å²) in [5.41, 5.74) is 0.933. The van der Waals surface area contributed by atoms with Crippen LogP contribution >= 0.6 is 0 Å². The third-order valence-corrected chi connectivity index (χ3v) is 3.67. The monoisotopic (exact) mass is 285 g/mol. The summed E-state index contributed by atoms with van der Waals surface area (Å²) in [4.78, 5) is 25.9. The van der Waals surface area contributed by atoms with Gasteiger partial charge in [0.25, 0.3) is 0 Å². The van der Waals surface area contributed by atoms with E-state index in [0.717, 1.165) is 12.8 Å². The van der Waals surface area contributed by atoms with Crippen molar-refractivity contribution in [2.75, 3.05) is 18.4 Å². The van der Waals surface area contributed by atoms with Crippen molar-refractivity contribution >= 4 is 17.5 Å². The van der Waals surface area contributed by atoms with Crippen molar-refractivity contribution in [1.82, 2.24) is 4.90 Å². The van der Waals surface area contributed by atoms with Gasteiger partial charge in [-0.3, -0.25) is 9.59 Å². The van der Waals surface area contributed by atoms with Gasteiger partial charge in [-0.1, -0.05) is 25.5 Å². The Morgan fingerprint density at radius 1 is 1.48 bits per heavy atom. The molecular weight excluding hydrogens is 266 g/mol. The first-order valence-corrected chi connectivity index (χ1v) is 7.23. The van der Waals surface area contributed by atoms with Gasteiger partial charge in [-0.2, -0.15) is 5.26 Å². The molecular formula is C16H19N3O2. The van der Waals surface area contributed by atoms with Gasteiger partial charge in [-0.05, 0) is 18.6 Å². The maximum Gasteiger partial charge on any atom is 0.229 e. The number of para-hydroxylation sites is 1. The number of hydrogen-bond donors (Lipinski definition) is 1. The van der Waals surface area contributed by atoms with Gasteiger partial charge >= 0.3 is 0 Å². The SMILES string of the molecule is CCCCN1C[C@H](C(=O)Nc2ccccc2C#N)CC1=O. The molecule has 1 aliphatic heterocycles. The third kappa shape index (κ3) is 3.60. The Balaban J connectivity index is 1.99. The molecule has 1 fully saturated rings. The topological polar surface area (TPSA) is 73.2 Å². The number of carbonyl (C=O) groups excluding carboxylic acids is 2. The highest BCUT2D eigenvalue weighted by atomic mass is 16.2. The van der Waals surface area contributed by atoms with Gasteiger partial charge in [0, 0.05) is 19.5 Å². The number of nitrogens with zero attached hydrogens (tertiary/aromatic N) is 2. The van der Waals surface area contributed by atoms with E-state index >= 15 is 0 Å². The molecule has 0 spiro atoms. The molecule has 0 unspecified atom stereocenters. The van der Waals surface area contributed by atoms with Crippen LogP contribution in [0.5, 0.6) is 0 Å². The zero-order valence-electron chi connectivity index (χ0n) is 12.1. The van der Waals surface area contributed by atoms with Crippen molar-refractivity contribution < 1.29 is 9.59 Å². The molecule has 5 nitrogen and oxygen atoms in total. The lowest BCUT2D eigenvalue weighted by molar-refractivity contribution is -0.128. The van der Waals surface area contributed by atoms with Crippen LogP contribution in [0, 0.1) is 17.2 Å². The molecule has 2 amide bonds. The fourth-order valence-corrected chi connectivity index (χ4v) is 2.44. The predicted molar refractivity (Wildman–Crippen MR) is 79.4 cm³/mol. The average Bonchev–Trinajstić information content (AvgIpc) is 2.87. The molecule has 0 aromatic heterocycles. The average molecular weight is 285 g/mol. The molecule has 0 radical (unpaired) electrons. The Hall–Kier alpha value is -2.35. The first-order chi connectivity index (χ1) is 10.2. The number of hydrogen-bond acceptors (Lipinski definition) is 3. The molecule has 1 heterocycles. The minimum absolute atomic E-state index is 0.0390. The number of unbranched alkanes of at least 4 members (excludes halogenated alkanes) is 1. The van der Waals surface area contributed by atoms with Crippen molar-refractivity contribution in [3.05, 3.63) is 29.8 Å². The zero-order valence-corrected chi connectivity index (χ0v) is 12.1. The highest BCUT2D eigenvalue weighted by Gasteiger charge is 2.33. The number of nitrogens with one attached hydrogen (secondary N) is 1. The highest BCUT2D eigenvalue weighted by molar-refractivity contribution is 5.98. The molecule has 1 N–H and O–H groups in total. The first-order valence-electron chi connectivity index (χ1n) is 7.23. The van der Waals surface area contributed by atoms with Crippen molar-refractivity contribution in [2.24, 2.45) is 5.92 Å². The largest absolute Gasteiger partial charge is 0.342 e. The summed E-state index contributed by atoms with van der Waals surface area (Å²) >= 11 is 0. The van der Waals surface area contributed by atoms with E-state index in [-0.39, 0.29) is 24.2 Å². The molecule has 1 aromatic rings. The number of rotatable bonds is 5. The van der Waals surface area contributed by atoms with Gasteiger partial charge in [-0.15, -0.1) is 0 Å². The summed E-state index contributed by atoms with van der Waals surface area (Å²) in [6.07, 6.45) is 2.23. The van der Waals surface area contributed by atoms with Crippen molar-refractivity contribution in [3.63, 3.8) is 0 Å². The van der Waals surface area contributed by atoms with Crippen LogP contribution in [0.4, 0.5) is 5.69 Å². The fourth-order valence-electron chi connectivity index (χ4n) is 2.44. The van der Waals surface area contributed by atoms with E-state index in [4.69, 9.17) is 5.26 Å². The number of likely N-dealkylation sites (tertiary alicyclic amines) is 1. The standard InChI is InChI=1S/C16H19N3O2/c1-2-3-8-19-11-13(9-15(19)20)16(21)18-14-7-5-4-6-12(14)10-17/h4-7,13H,2-3,8-9,11H2,1H3,(H,18,21)/t13-/m1/s1. The molecule has 1 atom stereocenters. The number of nitriles is 1. The van der Waals surface area contributed by atoms with Crippen LogP contribution in [0.3, 0.4) is 0 Å². The molecule has 1 aromatic carbocycles. The van der Waals surface area contributed by atoms with E-state index in [2.05, 4.69) is 12.2 Å². The van der Waals surface area contributed by atoms with Crippen molar-refractivity contribution in [1.29, 1.82) is 5.26 Å². The fraction of sp³-hybridized carbons (Fsp3) is 0.438. The van der Waals surface area contributed by atoms with E-state index in [0.29, 0.717) is 24.3 Å². The normalized spacial score (nSPS) is 17.6. The van der Waals surface area contributed by atoms with Gasteiger partial charge in [-0.25, -0.2) is 0 Å². The smallest absolute Gasteiger partial charge is 0.229 e. The van der Waals surface area contributed by atoms with Crippen molar-refractivity contribution in [3.8, 4) is 6.07 Å². The summed E-state index contributed by atoms with van der Waals surface area (Å²) in [5.74, 6) is -0.483. The summed E-state index contributed by atoms with van der Waals surface area (Å²) in [7, 11) is 0. The van der Waals surface area contributed by atoms with E-state index in [9.17, 15) is 9.59 Å². The predicted octanol–water partition coefficient (Wildman–Crippen LogP) is 2.15. The molecule has 21 heavy (non-hydrogen) atoms. The lowest BCUT2D eigenvalue weighted by Gasteiger charge is -2.16. The summed E-state index contributed by atoms with van der Waals surface area (Å²) < 4.78 is 0. The highest BCUT2D eigenvalue weighted by Crippen LogP contribution is 2.21. The minimum atomic E-state index is -0.332. The van der Waals surface area contributed by atoms with Crippen LogP contribution in [-0.2, 0) is 9.59 Å². The van der Waals surface area contributed by atoms with E-state index < -0.39 is 0 Å². The number of amides is 2. The molecule has 1 aliphatic rings. The molecule has 5 heteroatoms. The van der Waals surface area contributed by atoms with Crippen LogP contribution in [0.2, 0.25) is 0 Å². The molecule has 2 rings (SSSR count). The van der Waals surface area contributed by atoms with Gasteiger partial charge in [0.2, 0.25) is 11.8 Å². The van der Waals surface area contributed by atoms with Crippen LogP contribution in [0.15, 0.2) is 24.3 Å². The Labute approximate surface area is 124 Å². The summed E-state index contributed by atoms with van der Waals surface area (Å²) in [5, 5.41) is 11.8. The maximum atomic E-state index is 12.2. The second kappa shape index (κ2) is 6.89. The third-order valence-electron chi connectivity index (χ3n) is 3.67. The van der Waals surface area contributed by atoms with Gasteiger partial charge in [0.15, 0.2) is 0 Å². The molecule has 1 saturated heterocycles. The molecule has 110 valence electrons. The lowest BCUT2D eigenvalue weighted by Crippen LogP contribution is -2.29. The Morgan fingerprint density at radius 3 is 2.95 bits per heavy atom. The summed E-state index contributed by atoms with van der Waals surface area (Å²) in [6.45, 7) is 3.26. The number of benzene rings is 1. The van der Waals surface area contributed by atoms with Crippen LogP contribution < -0.4 is 5.32 Å². The number of anilines is 1. The Morgan fingerprint density at radius 2 is 2.24 bits per heavy atom. The molecule has 0 aliphatic carbocycles. The van der Waals surface area contributed by atoms with E-state index in [1.54, 1.807) is 29.2 Å². The Kier molecular flexibility index (Phi) is 4.94. The zero-order chi connectivity index (χ0) is 15.2. The van der Waals surface area contributed by atoms with Crippen LogP contribution in [0.25, 0.3) is 0 Å². The van der Waals surface area contributed by atoms with Gasteiger partial charge in [0.05, 0.1) is 17.2 Å². The quantitative estimate of drug-likeness (QED) is 0.900. The maximum absolute atomic E-state index is 12.2. The van der Waals surface area contributed by atoms with Gasteiger partial charge in [0.1, 0.15) is 6.07 Å². The van der Waals surface area contributed by atoms with E-state index in [1.165, 1.54) is 0 Å². The second-order valence-electron chi connectivity index (χ2n) is 5.24. The minimum Gasteiger partial charge on any atom is -0.342 e. The lowest BCUT2D eigenvalue weighted by atomic mass is 10.1. The first kappa shape index (κ1) is 15.0. The van der Waals surface area contributed by atoms with Gasteiger partial charge < -0.3 is 10.2 Å². The van der Waals surface area contributed by atoms with E-state index in [1.807, 2.05) is 6.07 Å². The molecule has 0 bridgehead atoms. The second-order valence-corrected chi connectivity index (χ2v) is 5.24. The number of carbonyl (C=O) groups is 2. The van der Waals surface area contributed by atoms with Crippen LogP contribution in [0.1, 0.15) is 31.7 Å². The van der Waals surface area contributed by atoms with Crippen molar-refractivity contribution in [2.45, 2.75) is 26.2 Å². The van der Waals surface area contributed by atoms with Crippen LogP contribution in [-0.4, -0.2) is 29.8 Å². The summed E-state index contributed by atoms with van der Waals surface area (Å²) in [6, 6.07) is 8.91.